The molecule has 2 rings (SSSR count). The van der Waals surface area contributed by atoms with Crippen LogP contribution in [0.1, 0.15) is 25.7 Å². The van der Waals surface area contributed by atoms with E-state index in [-0.39, 0.29) is 36.9 Å². The number of likely N-dealkylation sites (tertiary alicyclic amines) is 1. The van der Waals surface area contributed by atoms with Gasteiger partial charge in [-0.25, -0.2) is 0 Å². The molecule has 1 atom stereocenters. The van der Waals surface area contributed by atoms with Crippen LogP contribution in [0.5, 0.6) is 0 Å². The Hall–Kier alpha value is -1.63. The van der Waals surface area contributed by atoms with Gasteiger partial charge in [0, 0.05) is 12.6 Å². The molecular formula is C12H20N4O3. The van der Waals surface area contributed by atoms with Crippen LogP contribution in [0, 0.1) is 0 Å². The quantitative estimate of drug-likeness (QED) is 0.554. The highest BCUT2D eigenvalue weighted by molar-refractivity contribution is 5.91. The highest BCUT2D eigenvalue weighted by atomic mass is 16.2. The Morgan fingerprint density at radius 3 is 2.58 bits per heavy atom. The Morgan fingerprint density at radius 1 is 1.21 bits per heavy atom. The second kappa shape index (κ2) is 6.01. The van der Waals surface area contributed by atoms with E-state index in [4.69, 9.17) is 5.73 Å². The summed E-state index contributed by atoms with van der Waals surface area (Å²) in [5, 5.41) is 5.35. The first kappa shape index (κ1) is 13.8. The first-order chi connectivity index (χ1) is 9.11. The molecule has 0 aromatic heterocycles. The van der Waals surface area contributed by atoms with Gasteiger partial charge in [-0.3, -0.25) is 14.4 Å². The van der Waals surface area contributed by atoms with Crippen LogP contribution in [0.25, 0.3) is 0 Å². The summed E-state index contributed by atoms with van der Waals surface area (Å²) in [4.78, 5) is 36.5. The molecule has 0 radical (unpaired) electrons. The van der Waals surface area contributed by atoms with Crippen molar-refractivity contribution in [2.24, 2.45) is 5.73 Å². The fourth-order valence-corrected chi connectivity index (χ4v) is 2.21. The summed E-state index contributed by atoms with van der Waals surface area (Å²) in [6.45, 7) is 0.336. The molecule has 1 unspecified atom stereocenters. The number of amides is 3. The van der Waals surface area contributed by atoms with Gasteiger partial charge in [0.2, 0.25) is 17.7 Å². The summed E-state index contributed by atoms with van der Waals surface area (Å²) in [6.07, 6.45) is 3.56. The van der Waals surface area contributed by atoms with Gasteiger partial charge in [-0.2, -0.15) is 0 Å². The van der Waals surface area contributed by atoms with E-state index in [1.807, 2.05) is 0 Å². The Balaban J connectivity index is 1.84. The monoisotopic (exact) mass is 268 g/mol. The van der Waals surface area contributed by atoms with Crippen LogP contribution in [0.15, 0.2) is 0 Å². The summed E-state index contributed by atoms with van der Waals surface area (Å²) in [6, 6.07) is -0.0927. The van der Waals surface area contributed by atoms with Crippen LogP contribution in [0.2, 0.25) is 0 Å². The molecule has 1 heterocycles. The van der Waals surface area contributed by atoms with E-state index in [0.29, 0.717) is 19.0 Å². The van der Waals surface area contributed by atoms with Crippen LogP contribution in [-0.2, 0) is 14.4 Å². The van der Waals surface area contributed by atoms with Crippen LogP contribution < -0.4 is 16.4 Å². The lowest BCUT2D eigenvalue weighted by molar-refractivity contribution is -0.138. The largest absolute Gasteiger partial charge is 0.352 e. The van der Waals surface area contributed by atoms with Gasteiger partial charge in [-0.05, 0) is 25.7 Å². The summed E-state index contributed by atoms with van der Waals surface area (Å²) < 4.78 is 0. The number of nitrogens with zero attached hydrogens (tertiary/aromatic N) is 1. The van der Waals surface area contributed by atoms with E-state index in [1.165, 1.54) is 0 Å². The average molecular weight is 268 g/mol. The van der Waals surface area contributed by atoms with E-state index in [1.54, 1.807) is 4.90 Å². The number of nitrogens with two attached hydrogens (primary N) is 1. The van der Waals surface area contributed by atoms with Crippen LogP contribution in [-0.4, -0.2) is 54.3 Å². The Bertz CT molecular complexity index is 381. The van der Waals surface area contributed by atoms with E-state index in [2.05, 4.69) is 10.6 Å². The zero-order chi connectivity index (χ0) is 13.8. The Kier molecular flexibility index (Phi) is 4.36. The van der Waals surface area contributed by atoms with Gasteiger partial charge >= 0.3 is 0 Å². The lowest BCUT2D eigenvalue weighted by Crippen LogP contribution is -2.49. The highest BCUT2D eigenvalue weighted by Crippen LogP contribution is 2.22. The molecule has 4 N–H and O–H groups in total. The summed E-state index contributed by atoms with van der Waals surface area (Å²) in [5.41, 5.74) is 5.15. The predicted molar refractivity (Wildman–Crippen MR) is 68.0 cm³/mol. The minimum Gasteiger partial charge on any atom is -0.352 e. The van der Waals surface area contributed by atoms with Gasteiger partial charge in [-0.1, -0.05) is 0 Å². The molecule has 0 bridgehead atoms. The molecule has 1 aliphatic carbocycles. The van der Waals surface area contributed by atoms with Crippen molar-refractivity contribution in [3.8, 4) is 0 Å². The van der Waals surface area contributed by atoms with E-state index >= 15 is 0 Å². The first-order valence-corrected chi connectivity index (χ1v) is 6.68. The van der Waals surface area contributed by atoms with Gasteiger partial charge in [0.25, 0.3) is 0 Å². The van der Waals surface area contributed by atoms with Crippen molar-refractivity contribution in [3.05, 3.63) is 0 Å². The third kappa shape index (κ3) is 3.66. The molecular weight excluding hydrogens is 248 g/mol. The number of hydrogen-bond donors (Lipinski definition) is 3. The molecule has 2 fully saturated rings. The molecule has 0 spiro atoms. The maximum absolute atomic E-state index is 12.0. The lowest BCUT2D eigenvalue weighted by atomic mass is 10.2. The van der Waals surface area contributed by atoms with Crippen molar-refractivity contribution in [3.63, 3.8) is 0 Å². The van der Waals surface area contributed by atoms with Crippen molar-refractivity contribution < 1.29 is 14.4 Å². The highest BCUT2D eigenvalue weighted by Gasteiger charge is 2.36. The maximum Gasteiger partial charge on any atom is 0.243 e. The smallest absolute Gasteiger partial charge is 0.243 e. The standard InChI is InChI=1S/C12H20N4O3/c13-6-10(17)14-7-11(18)16-5-1-2-9(16)12(19)15-8-3-4-8/h8-9H,1-7,13H2,(H,14,17)(H,15,19). The zero-order valence-corrected chi connectivity index (χ0v) is 10.9. The number of nitrogens with one attached hydrogen (secondary N) is 2. The molecule has 0 aromatic rings. The minimum absolute atomic E-state index is 0.0708. The Labute approximate surface area is 111 Å². The van der Waals surface area contributed by atoms with Crippen molar-refractivity contribution in [2.45, 2.75) is 37.8 Å². The van der Waals surface area contributed by atoms with Crippen molar-refractivity contribution in [1.82, 2.24) is 15.5 Å². The van der Waals surface area contributed by atoms with Crippen molar-refractivity contribution in [2.75, 3.05) is 19.6 Å². The molecule has 1 aliphatic heterocycles. The van der Waals surface area contributed by atoms with Gasteiger partial charge in [0.15, 0.2) is 0 Å². The molecule has 0 aromatic carbocycles. The number of carbonyl (C=O) groups excluding carboxylic acids is 3. The molecule has 7 heteroatoms. The molecule has 7 nitrogen and oxygen atoms in total. The lowest BCUT2D eigenvalue weighted by Gasteiger charge is -2.24. The normalized spacial score (nSPS) is 22.2. The second-order valence-electron chi connectivity index (χ2n) is 5.01. The molecule has 19 heavy (non-hydrogen) atoms. The second-order valence-corrected chi connectivity index (χ2v) is 5.01. The third-order valence-electron chi connectivity index (χ3n) is 3.42. The Morgan fingerprint density at radius 2 is 1.95 bits per heavy atom. The molecule has 2 aliphatic rings. The summed E-state index contributed by atoms with van der Waals surface area (Å²) in [5.74, 6) is -0.666. The summed E-state index contributed by atoms with van der Waals surface area (Å²) >= 11 is 0. The molecule has 106 valence electrons. The van der Waals surface area contributed by atoms with E-state index < -0.39 is 0 Å². The third-order valence-corrected chi connectivity index (χ3v) is 3.42. The maximum atomic E-state index is 12.0. The van der Waals surface area contributed by atoms with Gasteiger partial charge in [-0.15, -0.1) is 0 Å². The zero-order valence-electron chi connectivity index (χ0n) is 10.9. The number of rotatable bonds is 5. The molecule has 1 saturated carbocycles. The first-order valence-electron chi connectivity index (χ1n) is 6.68. The van der Waals surface area contributed by atoms with Crippen LogP contribution in [0.4, 0.5) is 0 Å². The average Bonchev–Trinajstić information content (AvgIpc) is 3.08. The summed E-state index contributed by atoms with van der Waals surface area (Å²) in [7, 11) is 0. The van der Waals surface area contributed by atoms with E-state index in [9.17, 15) is 14.4 Å². The van der Waals surface area contributed by atoms with Crippen molar-refractivity contribution in [1.29, 1.82) is 0 Å². The number of hydrogen-bond acceptors (Lipinski definition) is 4. The fourth-order valence-electron chi connectivity index (χ4n) is 2.21. The fraction of sp³-hybridized carbons (Fsp3) is 0.750. The topological polar surface area (TPSA) is 105 Å². The number of carbonyl (C=O) groups is 3. The van der Waals surface area contributed by atoms with E-state index in [0.717, 1.165) is 19.3 Å². The molecule has 1 saturated heterocycles. The minimum atomic E-state index is -0.386. The van der Waals surface area contributed by atoms with Gasteiger partial charge < -0.3 is 21.3 Å². The van der Waals surface area contributed by atoms with Gasteiger partial charge in [0.05, 0.1) is 13.1 Å². The van der Waals surface area contributed by atoms with Gasteiger partial charge in [0.1, 0.15) is 6.04 Å². The molecule has 3 amide bonds. The predicted octanol–water partition coefficient (Wildman–Crippen LogP) is -1.67. The SMILES string of the molecule is NCC(=O)NCC(=O)N1CCCC1C(=O)NC1CC1. The van der Waals surface area contributed by atoms with Crippen LogP contribution >= 0.6 is 0 Å². The van der Waals surface area contributed by atoms with Crippen molar-refractivity contribution >= 4 is 17.7 Å². The van der Waals surface area contributed by atoms with Crippen LogP contribution in [0.3, 0.4) is 0 Å².